The van der Waals surface area contributed by atoms with Crippen LogP contribution in [-0.4, -0.2) is 19.1 Å². The van der Waals surface area contributed by atoms with Crippen LogP contribution < -0.4 is 10.2 Å². The second kappa shape index (κ2) is 5.54. The molecule has 1 saturated heterocycles. The highest BCUT2D eigenvalue weighted by Crippen LogP contribution is 2.29. The zero-order chi connectivity index (χ0) is 13.2. The largest absolute Gasteiger partial charge is 0.371 e. The smallest absolute Gasteiger partial charge is 0.0396 e. The maximum absolute atomic E-state index is 3.59. The van der Waals surface area contributed by atoms with E-state index in [0.29, 0.717) is 0 Å². The van der Waals surface area contributed by atoms with Crippen molar-refractivity contribution >= 4 is 5.69 Å². The van der Waals surface area contributed by atoms with Crippen LogP contribution in [0.3, 0.4) is 0 Å². The van der Waals surface area contributed by atoms with Crippen molar-refractivity contribution in [3.63, 3.8) is 0 Å². The second-order valence-corrected chi connectivity index (χ2v) is 6.28. The molecule has 1 aliphatic heterocycles. The van der Waals surface area contributed by atoms with Gasteiger partial charge < -0.3 is 10.2 Å². The molecule has 3 rings (SSSR count). The highest BCUT2D eigenvalue weighted by molar-refractivity contribution is 5.55. The molecule has 2 aliphatic rings. The molecule has 0 bridgehead atoms. The Bertz CT molecular complexity index is 437. The van der Waals surface area contributed by atoms with E-state index >= 15 is 0 Å². The highest BCUT2D eigenvalue weighted by Gasteiger charge is 2.22. The van der Waals surface area contributed by atoms with Crippen molar-refractivity contribution in [1.82, 2.24) is 5.32 Å². The zero-order valence-electron chi connectivity index (χ0n) is 12.3. The van der Waals surface area contributed by atoms with Gasteiger partial charge in [0.25, 0.3) is 0 Å². The van der Waals surface area contributed by atoms with Gasteiger partial charge in [0.05, 0.1) is 0 Å². The van der Waals surface area contributed by atoms with Gasteiger partial charge in [-0.3, -0.25) is 0 Å². The van der Waals surface area contributed by atoms with E-state index in [2.05, 4.69) is 42.3 Å². The summed E-state index contributed by atoms with van der Waals surface area (Å²) in [4.78, 5) is 2.57. The number of anilines is 1. The van der Waals surface area contributed by atoms with Crippen molar-refractivity contribution in [3.8, 4) is 0 Å². The minimum absolute atomic E-state index is 0.795. The Morgan fingerprint density at radius 2 is 2.11 bits per heavy atom. The maximum Gasteiger partial charge on any atom is 0.0396 e. The van der Waals surface area contributed by atoms with Crippen LogP contribution in [0.15, 0.2) is 18.2 Å². The fourth-order valence-electron chi connectivity index (χ4n) is 3.12. The van der Waals surface area contributed by atoms with Crippen molar-refractivity contribution in [2.75, 3.05) is 18.0 Å². The summed E-state index contributed by atoms with van der Waals surface area (Å²) in [7, 11) is 0. The van der Waals surface area contributed by atoms with Crippen LogP contribution >= 0.6 is 0 Å². The van der Waals surface area contributed by atoms with E-state index in [4.69, 9.17) is 0 Å². The first-order chi connectivity index (χ1) is 9.26. The molecule has 1 N–H and O–H groups in total. The van der Waals surface area contributed by atoms with Crippen molar-refractivity contribution < 1.29 is 0 Å². The van der Waals surface area contributed by atoms with Crippen molar-refractivity contribution in [3.05, 3.63) is 29.3 Å². The van der Waals surface area contributed by atoms with Crippen molar-refractivity contribution in [2.45, 2.75) is 52.1 Å². The summed E-state index contributed by atoms with van der Waals surface area (Å²) in [6.45, 7) is 8.09. The molecule has 2 nitrogen and oxygen atoms in total. The predicted molar refractivity (Wildman–Crippen MR) is 81.7 cm³/mol. The van der Waals surface area contributed by atoms with Crippen LogP contribution in [0.4, 0.5) is 5.69 Å². The summed E-state index contributed by atoms with van der Waals surface area (Å²) in [5.41, 5.74) is 4.32. The Balaban J connectivity index is 1.65. The molecule has 0 aromatic heterocycles. The molecule has 2 fully saturated rings. The minimum atomic E-state index is 0.795. The van der Waals surface area contributed by atoms with E-state index in [1.807, 2.05) is 0 Å². The van der Waals surface area contributed by atoms with Crippen LogP contribution in [0.5, 0.6) is 0 Å². The quantitative estimate of drug-likeness (QED) is 0.870. The molecule has 0 radical (unpaired) electrons. The van der Waals surface area contributed by atoms with Gasteiger partial charge in [-0.05, 0) is 49.3 Å². The zero-order valence-corrected chi connectivity index (χ0v) is 12.3. The fourth-order valence-corrected chi connectivity index (χ4v) is 3.12. The molecule has 1 aromatic carbocycles. The molecular formula is C17H26N2. The second-order valence-electron chi connectivity index (χ2n) is 6.28. The van der Waals surface area contributed by atoms with Gasteiger partial charge in [-0.25, -0.2) is 0 Å². The number of hydrogen-bond acceptors (Lipinski definition) is 2. The highest BCUT2D eigenvalue weighted by atomic mass is 15.2. The molecule has 1 aliphatic carbocycles. The first-order valence-electron chi connectivity index (χ1n) is 7.84. The molecule has 1 unspecified atom stereocenters. The van der Waals surface area contributed by atoms with Gasteiger partial charge in [0, 0.05) is 31.4 Å². The standard InChI is InChI=1S/C17H26N2/c1-3-14-8-9-19(12-14)17-7-4-15(10-13(17)2)11-18-16-5-6-16/h4,7,10,14,16,18H,3,5-6,8-9,11-12H2,1-2H3. The molecule has 0 spiro atoms. The Hall–Kier alpha value is -1.02. The number of nitrogens with one attached hydrogen (secondary N) is 1. The fraction of sp³-hybridized carbons (Fsp3) is 0.647. The molecule has 1 atom stereocenters. The number of aryl methyl sites for hydroxylation is 1. The first-order valence-corrected chi connectivity index (χ1v) is 7.84. The SMILES string of the molecule is CCC1CCN(c2ccc(CNC3CC3)cc2C)C1. The third-order valence-electron chi connectivity index (χ3n) is 4.64. The van der Waals surface area contributed by atoms with Crippen molar-refractivity contribution in [1.29, 1.82) is 0 Å². The summed E-state index contributed by atoms with van der Waals surface area (Å²) in [6, 6.07) is 7.79. The van der Waals surface area contributed by atoms with Gasteiger partial charge in [0.15, 0.2) is 0 Å². The number of rotatable bonds is 5. The summed E-state index contributed by atoms with van der Waals surface area (Å²) >= 11 is 0. The van der Waals surface area contributed by atoms with E-state index in [9.17, 15) is 0 Å². The number of hydrogen-bond donors (Lipinski definition) is 1. The summed E-state index contributed by atoms with van der Waals surface area (Å²) < 4.78 is 0. The maximum atomic E-state index is 3.59. The Morgan fingerprint density at radius 3 is 2.74 bits per heavy atom. The number of benzene rings is 1. The molecular weight excluding hydrogens is 232 g/mol. The number of nitrogens with zero attached hydrogens (tertiary/aromatic N) is 1. The normalized spacial score (nSPS) is 23.1. The van der Waals surface area contributed by atoms with Crippen LogP contribution in [0.2, 0.25) is 0 Å². The van der Waals surface area contributed by atoms with E-state index in [1.165, 1.54) is 55.6 Å². The summed E-state index contributed by atoms with van der Waals surface area (Å²) in [6.07, 6.45) is 5.41. The van der Waals surface area contributed by atoms with Gasteiger partial charge in [-0.15, -0.1) is 0 Å². The lowest BCUT2D eigenvalue weighted by Crippen LogP contribution is -2.21. The average Bonchev–Trinajstić information content (AvgIpc) is 3.13. The third kappa shape index (κ3) is 3.11. The molecule has 1 heterocycles. The topological polar surface area (TPSA) is 15.3 Å². The van der Waals surface area contributed by atoms with Crippen molar-refractivity contribution in [2.24, 2.45) is 5.92 Å². The Kier molecular flexibility index (Phi) is 3.79. The summed E-state index contributed by atoms with van der Waals surface area (Å²) in [5, 5.41) is 3.59. The molecule has 1 aromatic rings. The van der Waals surface area contributed by atoms with Gasteiger partial charge in [0.1, 0.15) is 0 Å². The van der Waals surface area contributed by atoms with Crippen LogP contribution in [-0.2, 0) is 6.54 Å². The van der Waals surface area contributed by atoms with Gasteiger partial charge >= 0.3 is 0 Å². The first kappa shape index (κ1) is 13.0. The van der Waals surface area contributed by atoms with Gasteiger partial charge in [0.2, 0.25) is 0 Å². The molecule has 0 amide bonds. The predicted octanol–water partition coefficient (Wildman–Crippen LogP) is 3.48. The van der Waals surface area contributed by atoms with Gasteiger partial charge in [-0.1, -0.05) is 25.5 Å². The molecule has 19 heavy (non-hydrogen) atoms. The molecule has 104 valence electrons. The minimum Gasteiger partial charge on any atom is -0.371 e. The lowest BCUT2D eigenvalue weighted by Gasteiger charge is -2.21. The van der Waals surface area contributed by atoms with E-state index in [1.54, 1.807) is 0 Å². The van der Waals surface area contributed by atoms with E-state index in [-0.39, 0.29) is 0 Å². The average molecular weight is 258 g/mol. The van der Waals surface area contributed by atoms with Gasteiger partial charge in [-0.2, -0.15) is 0 Å². The third-order valence-corrected chi connectivity index (χ3v) is 4.64. The van der Waals surface area contributed by atoms with Crippen LogP contribution in [0.25, 0.3) is 0 Å². The summed E-state index contributed by atoms with van der Waals surface area (Å²) in [5.74, 6) is 0.899. The molecule has 2 heteroatoms. The lowest BCUT2D eigenvalue weighted by molar-refractivity contribution is 0.569. The van der Waals surface area contributed by atoms with Crippen LogP contribution in [0, 0.1) is 12.8 Å². The monoisotopic (exact) mass is 258 g/mol. The lowest BCUT2D eigenvalue weighted by atomic mass is 10.1. The van der Waals surface area contributed by atoms with Crippen LogP contribution in [0.1, 0.15) is 43.7 Å². The Morgan fingerprint density at radius 1 is 1.26 bits per heavy atom. The van der Waals surface area contributed by atoms with E-state index in [0.717, 1.165) is 18.5 Å². The Labute approximate surface area is 117 Å². The molecule has 1 saturated carbocycles. The van der Waals surface area contributed by atoms with E-state index < -0.39 is 0 Å².